The number of nitrogens with one attached hydrogen (secondary N) is 1. The van der Waals surface area contributed by atoms with Gasteiger partial charge in [0.15, 0.2) is 0 Å². The van der Waals surface area contributed by atoms with Gasteiger partial charge in [-0.25, -0.2) is 0 Å². The van der Waals surface area contributed by atoms with Crippen molar-refractivity contribution in [2.75, 3.05) is 7.05 Å². The molecule has 0 fully saturated rings. The molecule has 1 aromatic carbocycles. The molecule has 0 heterocycles. The minimum atomic E-state index is 0.142. The Labute approximate surface area is 102 Å². The van der Waals surface area contributed by atoms with Crippen LogP contribution in [0.1, 0.15) is 31.9 Å². The third kappa shape index (κ3) is 3.88. The summed E-state index contributed by atoms with van der Waals surface area (Å²) in [5, 5.41) is 12.5. The topological polar surface area (TPSA) is 35.8 Å². The van der Waals surface area contributed by atoms with Crippen LogP contribution in [-0.4, -0.2) is 12.3 Å². The molecule has 0 aliphatic carbocycles. The van der Waals surface area contributed by atoms with Crippen molar-refractivity contribution in [3.63, 3.8) is 0 Å². The van der Waals surface area contributed by atoms with E-state index in [0.717, 1.165) is 0 Å². The Morgan fingerprint density at radius 2 is 1.94 bits per heavy atom. The van der Waals surface area contributed by atoms with Crippen LogP contribution < -0.4 is 5.32 Å². The molecule has 1 N–H and O–H groups in total. The zero-order valence-corrected chi connectivity index (χ0v) is 10.8. The quantitative estimate of drug-likeness (QED) is 0.794. The van der Waals surface area contributed by atoms with Crippen molar-refractivity contribution in [3.8, 4) is 6.07 Å². The normalized spacial score (nSPS) is 12.4. The van der Waals surface area contributed by atoms with Crippen molar-refractivity contribution in [1.29, 1.82) is 5.26 Å². The number of thioether (sulfide) groups is 1. The fourth-order valence-electron chi connectivity index (χ4n) is 1.53. The largest absolute Gasteiger partial charge is 0.312 e. The SMILES string of the molecule is CNC(CC#N)c1ccc(SC(C)C)cc1. The van der Waals surface area contributed by atoms with Crippen LogP contribution in [-0.2, 0) is 0 Å². The van der Waals surface area contributed by atoms with Gasteiger partial charge in [-0.2, -0.15) is 5.26 Å². The molecule has 0 radical (unpaired) electrons. The van der Waals surface area contributed by atoms with E-state index in [9.17, 15) is 0 Å². The maximum Gasteiger partial charge on any atom is 0.0641 e. The summed E-state index contributed by atoms with van der Waals surface area (Å²) in [5.74, 6) is 0. The summed E-state index contributed by atoms with van der Waals surface area (Å²) in [6, 6.07) is 10.8. The molecule has 1 rings (SSSR count). The molecule has 3 heteroatoms. The highest BCUT2D eigenvalue weighted by Crippen LogP contribution is 2.25. The molecule has 0 aromatic heterocycles. The van der Waals surface area contributed by atoms with Crippen LogP contribution in [0.4, 0.5) is 0 Å². The summed E-state index contributed by atoms with van der Waals surface area (Å²) in [5.41, 5.74) is 1.18. The molecular formula is C13H18N2S. The third-order valence-corrected chi connectivity index (χ3v) is 3.31. The first-order valence-corrected chi connectivity index (χ1v) is 6.36. The number of benzene rings is 1. The molecular weight excluding hydrogens is 216 g/mol. The Balaban J connectivity index is 2.73. The van der Waals surface area contributed by atoms with Gasteiger partial charge in [-0.05, 0) is 24.7 Å². The maximum absolute atomic E-state index is 8.71. The number of hydrogen-bond acceptors (Lipinski definition) is 3. The monoisotopic (exact) mass is 234 g/mol. The Kier molecular flexibility index (Phi) is 5.37. The number of nitriles is 1. The predicted molar refractivity (Wildman–Crippen MR) is 69.5 cm³/mol. The van der Waals surface area contributed by atoms with E-state index in [2.05, 4.69) is 49.5 Å². The predicted octanol–water partition coefficient (Wildman–Crippen LogP) is 3.36. The molecule has 0 amide bonds. The number of hydrogen-bond donors (Lipinski definition) is 1. The molecule has 16 heavy (non-hydrogen) atoms. The van der Waals surface area contributed by atoms with E-state index >= 15 is 0 Å². The van der Waals surface area contributed by atoms with E-state index in [1.54, 1.807) is 0 Å². The Hall–Kier alpha value is -0.980. The lowest BCUT2D eigenvalue weighted by atomic mass is 10.1. The molecule has 0 bridgehead atoms. The molecule has 0 aliphatic rings. The average Bonchev–Trinajstić information content (AvgIpc) is 2.26. The fourth-order valence-corrected chi connectivity index (χ4v) is 2.37. The van der Waals surface area contributed by atoms with Crippen molar-refractivity contribution in [2.45, 2.75) is 36.5 Å². The van der Waals surface area contributed by atoms with E-state index in [1.165, 1.54) is 10.5 Å². The lowest BCUT2D eigenvalue weighted by molar-refractivity contribution is 0.608. The summed E-state index contributed by atoms with van der Waals surface area (Å²) in [6.45, 7) is 4.37. The van der Waals surface area contributed by atoms with Gasteiger partial charge in [-0.1, -0.05) is 26.0 Å². The molecule has 1 unspecified atom stereocenters. The number of rotatable bonds is 5. The summed E-state index contributed by atoms with van der Waals surface area (Å²) in [6.07, 6.45) is 0.507. The molecule has 0 saturated carbocycles. The standard InChI is InChI=1S/C13H18N2S/c1-10(2)16-12-6-4-11(5-7-12)13(15-3)8-9-14/h4-7,10,13,15H,8H2,1-3H3. The van der Waals surface area contributed by atoms with Crippen LogP contribution in [0.3, 0.4) is 0 Å². The van der Waals surface area contributed by atoms with Crippen LogP contribution in [0, 0.1) is 11.3 Å². The van der Waals surface area contributed by atoms with Crippen LogP contribution in [0.25, 0.3) is 0 Å². The molecule has 0 aliphatic heterocycles. The molecule has 1 aromatic rings. The van der Waals surface area contributed by atoms with E-state index in [0.29, 0.717) is 11.7 Å². The summed E-state index contributed by atoms with van der Waals surface area (Å²) < 4.78 is 0. The van der Waals surface area contributed by atoms with Gasteiger partial charge in [0.25, 0.3) is 0 Å². The lowest BCUT2D eigenvalue weighted by Crippen LogP contribution is -2.15. The van der Waals surface area contributed by atoms with Crippen molar-refractivity contribution in [2.24, 2.45) is 0 Å². The minimum absolute atomic E-state index is 0.142. The Bertz CT molecular complexity index is 351. The van der Waals surface area contributed by atoms with Crippen molar-refractivity contribution >= 4 is 11.8 Å². The highest BCUT2D eigenvalue weighted by Gasteiger charge is 2.08. The average molecular weight is 234 g/mol. The van der Waals surface area contributed by atoms with Gasteiger partial charge in [0.1, 0.15) is 0 Å². The van der Waals surface area contributed by atoms with Crippen molar-refractivity contribution < 1.29 is 0 Å². The zero-order chi connectivity index (χ0) is 12.0. The van der Waals surface area contributed by atoms with Crippen LogP contribution in [0.15, 0.2) is 29.2 Å². The maximum atomic E-state index is 8.71. The summed E-state index contributed by atoms with van der Waals surface area (Å²) in [7, 11) is 1.89. The second kappa shape index (κ2) is 6.57. The molecule has 0 saturated heterocycles. The van der Waals surface area contributed by atoms with Gasteiger partial charge in [-0.15, -0.1) is 11.8 Å². The lowest BCUT2D eigenvalue weighted by Gasteiger charge is -2.13. The van der Waals surface area contributed by atoms with Gasteiger partial charge in [0, 0.05) is 16.2 Å². The van der Waals surface area contributed by atoms with Gasteiger partial charge >= 0.3 is 0 Å². The van der Waals surface area contributed by atoms with Gasteiger partial charge in [-0.3, -0.25) is 0 Å². The first-order valence-electron chi connectivity index (χ1n) is 5.48. The second-order valence-corrected chi connectivity index (χ2v) is 5.59. The molecule has 1 atom stereocenters. The van der Waals surface area contributed by atoms with Gasteiger partial charge < -0.3 is 5.32 Å². The third-order valence-electron chi connectivity index (χ3n) is 2.30. The van der Waals surface area contributed by atoms with E-state index in [4.69, 9.17) is 5.26 Å². The van der Waals surface area contributed by atoms with Gasteiger partial charge in [0.2, 0.25) is 0 Å². The second-order valence-electron chi connectivity index (χ2n) is 3.94. The van der Waals surface area contributed by atoms with E-state index in [-0.39, 0.29) is 6.04 Å². The highest BCUT2D eigenvalue weighted by atomic mass is 32.2. The van der Waals surface area contributed by atoms with Crippen molar-refractivity contribution in [3.05, 3.63) is 29.8 Å². The Morgan fingerprint density at radius 1 is 1.31 bits per heavy atom. The fraction of sp³-hybridized carbons (Fsp3) is 0.462. The highest BCUT2D eigenvalue weighted by molar-refractivity contribution is 7.99. The summed E-state index contributed by atoms with van der Waals surface area (Å²) in [4.78, 5) is 1.28. The zero-order valence-electron chi connectivity index (χ0n) is 10.0. The Morgan fingerprint density at radius 3 is 2.38 bits per heavy atom. The molecule has 86 valence electrons. The van der Waals surface area contributed by atoms with Crippen LogP contribution >= 0.6 is 11.8 Å². The van der Waals surface area contributed by atoms with Gasteiger partial charge in [0.05, 0.1) is 12.5 Å². The van der Waals surface area contributed by atoms with E-state index in [1.807, 2.05) is 18.8 Å². The smallest absolute Gasteiger partial charge is 0.0641 e. The first-order chi connectivity index (χ1) is 7.67. The minimum Gasteiger partial charge on any atom is -0.312 e. The number of nitrogens with zero attached hydrogens (tertiary/aromatic N) is 1. The van der Waals surface area contributed by atoms with Crippen LogP contribution in [0.5, 0.6) is 0 Å². The van der Waals surface area contributed by atoms with Crippen LogP contribution in [0.2, 0.25) is 0 Å². The molecule has 0 spiro atoms. The van der Waals surface area contributed by atoms with Crippen molar-refractivity contribution in [1.82, 2.24) is 5.32 Å². The van der Waals surface area contributed by atoms with E-state index < -0.39 is 0 Å². The first kappa shape index (κ1) is 13.1. The molecule has 2 nitrogen and oxygen atoms in total. The summed E-state index contributed by atoms with van der Waals surface area (Å²) >= 11 is 1.85.